The van der Waals surface area contributed by atoms with E-state index in [1.807, 2.05) is 0 Å². The van der Waals surface area contributed by atoms with E-state index in [4.69, 9.17) is 4.74 Å². The van der Waals surface area contributed by atoms with Crippen molar-refractivity contribution < 1.29 is 19.0 Å². The van der Waals surface area contributed by atoms with E-state index in [0.29, 0.717) is 28.7 Å². The van der Waals surface area contributed by atoms with Gasteiger partial charge in [-0.3, -0.25) is 0 Å². The summed E-state index contributed by atoms with van der Waals surface area (Å²) in [7, 11) is 1.30. The fraction of sp³-hybridized carbons (Fsp3) is 0.391. The van der Waals surface area contributed by atoms with E-state index in [9.17, 15) is 14.3 Å². The lowest BCUT2D eigenvalue weighted by Gasteiger charge is -2.23. The number of aromatic hydroxyl groups is 1. The zero-order chi connectivity index (χ0) is 22.2. The van der Waals surface area contributed by atoms with E-state index in [0.717, 1.165) is 23.9 Å². The highest BCUT2D eigenvalue weighted by Gasteiger charge is 2.15. The third-order valence-corrected chi connectivity index (χ3v) is 5.86. The van der Waals surface area contributed by atoms with Crippen molar-refractivity contribution in [3.8, 4) is 5.75 Å². The Balaban J connectivity index is 1.80. The summed E-state index contributed by atoms with van der Waals surface area (Å²) >= 11 is 3.35. The number of benzene rings is 2. The van der Waals surface area contributed by atoms with E-state index >= 15 is 0 Å². The number of phenolic OH excluding ortho intramolecular Hbond substituents is 1. The molecular formula is C23H27BrFN3O3. The Kier molecular flexibility index (Phi) is 8.28. The number of nitrogens with one attached hydrogen (secondary N) is 2. The van der Waals surface area contributed by atoms with Crippen LogP contribution in [-0.4, -0.2) is 30.7 Å². The maximum Gasteiger partial charge on any atom is 0.337 e. The minimum Gasteiger partial charge on any atom is -0.506 e. The highest BCUT2D eigenvalue weighted by molar-refractivity contribution is 9.10. The van der Waals surface area contributed by atoms with E-state index in [-0.39, 0.29) is 18.1 Å². The lowest BCUT2D eigenvalue weighted by molar-refractivity contribution is 0.0601. The van der Waals surface area contributed by atoms with Gasteiger partial charge in [0, 0.05) is 16.6 Å². The molecule has 8 heteroatoms. The van der Waals surface area contributed by atoms with E-state index in [1.165, 1.54) is 50.6 Å². The predicted molar refractivity (Wildman–Crippen MR) is 123 cm³/mol. The highest BCUT2D eigenvalue weighted by atomic mass is 79.9. The number of guanidine groups is 1. The van der Waals surface area contributed by atoms with E-state index in [1.54, 1.807) is 12.1 Å². The average molecular weight is 492 g/mol. The number of carbonyl (C=O) groups excluding carboxylic acids is 1. The number of phenols is 1. The molecule has 2 aromatic carbocycles. The first kappa shape index (κ1) is 23.1. The van der Waals surface area contributed by atoms with Crippen molar-refractivity contribution >= 4 is 33.5 Å². The van der Waals surface area contributed by atoms with Gasteiger partial charge < -0.3 is 20.5 Å². The minimum atomic E-state index is -0.507. The van der Waals surface area contributed by atoms with Crippen molar-refractivity contribution in [3.63, 3.8) is 0 Å². The first-order valence-corrected chi connectivity index (χ1v) is 11.2. The van der Waals surface area contributed by atoms with Crippen LogP contribution in [0.25, 0.3) is 0 Å². The molecule has 2 aromatic rings. The zero-order valence-electron chi connectivity index (χ0n) is 17.5. The molecule has 1 aliphatic rings. The molecule has 0 aliphatic heterocycles. The van der Waals surface area contributed by atoms with Crippen molar-refractivity contribution in [3.05, 3.63) is 57.8 Å². The Morgan fingerprint density at radius 1 is 1.23 bits per heavy atom. The molecule has 3 rings (SSSR count). The second-order valence-electron chi connectivity index (χ2n) is 7.63. The van der Waals surface area contributed by atoms with Gasteiger partial charge in [-0.1, -0.05) is 35.2 Å². The summed E-state index contributed by atoms with van der Waals surface area (Å²) in [5, 5.41) is 16.6. The molecule has 1 fully saturated rings. The van der Waals surface area contributed by atoms with Crippen molar-refractivity contribution in [2.45, 2.75) is 38.6 Å². The molecule has 0 aromatic heterocycles. The summed E-state index contributed by atoms with van der Waals surface area (Å²) in [5.74, 6) is 0.0658. The van der Waals surface area contributed by atoms with Gasteiger partial charge in [0.2, 0.25) is 0 Å². The molecule has 0 saturated heterocycles. The Morgan fingerprint density at radius 2 is 2.00 bits per heavy atom. The number of nitrogens with zero attached hydrogens (tertiary/aromatic N) is 1. The SMILES string of the molecule is COC(=O)c1ccc(O)c(NC(=NCc2cc(Br)ccc2F)NCC2CCCCC2)c1. The van der Waals surface area contributed by atoms with Crippen LogP contribution in [0.1, 0.15) is 48.0 Å². The van der Waals surface area contributed by atoms with E-state index in [2.05, 4.69) is 31.6 Å². The first-order chi connectivity index (χ1) is 15.0. The number of hydrogen-bond acceptors (Lipinski definition) is 4. The summed E-state index contributed by atoms with van der Waals surface area (Å²) < 4.78 is 19.7. The van der Waals surface area contributed by atoms with Crippen molar-refractivity contribution in [2.75, 3.05) is 19.0 Å². The van der Waals surface area contributed by atoms with Gasteiger partial charge in [-0.25, -0.2) is 14.2 Å². The number of esters is 1. The fourth-order valence-electron chi connectivity index (χ4n) is 3.61. The van der Waals surface area contributed by atoms with Gasteiger partial charge in [0.15, 0.2) is 5.96 Å². The van der Waals surface area contributed by atoms with Gasteiger partial charge in [-0.05, 0) is 55.2 Å². The summed E-state index contributed by atoms with van der Waals surface area (Å²) in [6, 6.07) is 9.12. The molecule has 0 amide bonds. The number of hydrogen-bond donors (Lipinski definition) is 3. The fourth-order valence-corrected chi connectivity index (χ4v) is 4.02. The predicted octanol–water partition coefficient (Wildman–Crippen LogP) is 5.22. The average Bonchev–Trinajstić information content (AvgIpc) is 2.79. The third kappa shape index (κ3) is 6.69. The molecule has 6 nitrogen and oxygen atoms in total. The Labute approximate surface area is 190 Å². The summed E-state index contributed by atoms with van der Waals surface area (Å²) in [6.07, 6.45) is 6.02. The van der Waals surface area contributed by atoms with Crippen LogP contribution >= 0.6 is 15.9 Å². The molecule has 0 bridgehead atoms. The van der Waals surface area contributed by atoms with Crippen molar-refractivity contribution in [1.82, 2.24) is 5.32 Å². The van der Waals surface area contributed by atoms with Crippen molar-refractivity contribution in [2.24, 2.45) is 10.9 Å². The molecule has 3 N–H and O–H groups in total. The van der Waals surface area contributed by atoms with Gasteiger partial charge >= 0.3 is 5.97 Å². The molecule has 31 heavy (non-hydrogen) atoms. The topological polar surface area (TPSA) is 83.0 Å². The van der Waals surface area contributed by atoms with Gasteiger partial charge in [0.25, 0.3) is 0 Å². The number of anilines is 1. The van der Waals surface area contributed by atoms with Crippen LogP contribution in [0.4, 0.5) is 10.1 Å². The van der Waals surface area contributed by atoms with Gasteiger partial charge in [-0.15, -0.1) is 0 Å². The molecule has 166 valence electrons. The lowest BCUT2D eigenvalue weighted by Crippen LogP contribution is -2.35. The van der Waals surface area contributed by atoms with Crippen LogP contribution in [0.15, 0.2) is 45.9 Å². The van der Waals surface area contributed by atoms with E-state index < -0.39 is 5.97 Å². The van der Waals surface area contributed by atoms with Crippen LogP contribution in [0, 0.1) is 11.7 Å². The first-order valence-electron chi connectivity index (χ1n) is 10.4. The Bertz CT molecular complexity index is 946. The highest BCUT2D eigenvalue weighted by Crippen LogP contribution is 2.26. The van der Waals surface area contributed by atoms with Crippen LogP contribution in [0.3, 0.4) is 0 Å². The second kappa shape index (κ2) is 11.1. The van der Waals surface area contributed by atoms with Crippen LogP contribution in [0.5, 0.6) is 5.75 Å². The standard InChI is InChI=1S/C23H27BrFN3O3/c1-31-22(30)16-7-10-21(29)20(12-16)28-23(26-13-15-5-3-2-4-6-15)27-14-17-11-18(24)8-9-19(17)25/h7-12,15,29H,2-6,13-14H2,1H3,(H2,26,27,28). The minimum absolute atomic E-state index is 0.0338. The quantitative estimate of drug-likeness (QED) is 0.223. The van der Waals surface area contributed by atoms with Crippen LogP contribution in [0.2, 0.25) is 0 Å². The lowest BCUT2D eigenvalue weighted by atomic mass is 9.89. The molecule has 0 radical (unpaired) electrons. The van der Waals surface area contributed by atoms with Crippen LogP contribution in [-0.2, 0) is 11.3 Å². The second-order valence-corrected chi connectivity index (χ2v) is 8.55. The van der Waals surface area contributed by atoms with Gasteiger partial charge in [0.1, 0.15) is 11.6 Å². The summed E-state index contributed by atoms with van der Waals surface area (Å²) in [4.78, 5) is 16.4. The zero-order valence-corrected chi connectivity index (χ0v) is 19.0. The molecule has 1 aliphatic carbocycles. The summed E-state index contributed by atoms with van der Waals surface area (Å²) in [6.45, 7) is 0.840. The Morgan fingerprint density at radius 3 is 2.74 bits per heavy atom. The van der Waals surface area contributed by atoms with Gasteiger partial charge in [-0.2, -0.15) is 0 Å². The maximum absolute atomic E-state index is 14.1. The molecule has 0 unspecified atom stereocenters. The molecule has 0 atom stereocenters. The Hall–Kier alpha value is -2.61. The number of aliphatic imine (C=N–C) groups is 1. The maximum atomic E-state index is 14.1. The molecule has 0 spiro atoms. The molecule has 1 saturated carbocycles. The van der Waals surface area contributed by atoms with Crippen LogP contribution < -0.4 is 10.6 Å². The number of rotatable bonds is 6. The summed E-state index contributed by atoms with van der Waals surface area (Å²) in [5.41, 5.74) is 1.06. The third-order valence-electron chi connectivity index (χ3n) is 5.37. The number of carbonyl (C=O) groups is 1. The normalized spacial score (nSPS) is 14.9. The molecule has 0 heterocycles. The largest absolute Gasteiger partial charge is 0.506 e. The smallest absolute Gasteiger partial charge is 0.337 e. The van der Waals surface area contributed by atoms with Crippen molar-refractivity contribution in [1.29, 1.82) is 0 Å². The number of halogens is 2. The number of methoxy groups -OCH3 is 1. The molecular weight excluding hydrogens is 465 g/mol. The van der Waals surface area contributed by atoms with Gasteiger partial charge in [0.05, 0.1) is 24.9 Å². The number of ether oxygens (including phenoxy) is 1. The monoisotopic (exact) mass is 491 g/mol.